The minimum Gasteiger partial charge on any atom is -0.378 e. The van der Waals surface area contributed by atoms with Gasteiger partial charge in [-0.15, -0.1) is 0 Å². The van der Waals surface area contributed by atoms with Gasteiger partial charge >= 0.3 is 0 Å². The number of rotatable bonds is 8. The molecule has 2 aromatic rings. The van der Waals surface area contributed by atoms with Gasteiger partial charge in [0, 0.05) is 38.1 Å². The lowest BCUT2D eigenvalue weighted by Gasteiger charge is -2.28. The molecule has 1 aliphatic heterocycles. The first-order valence-electron chi connectivity index (χ1n) is 10.3. The number of halogens is 1. The number of morpholine rings is 1. The Morgan fingerprint density at radius 3 is 2.45 bits per heavy atom. The zero-order chi connectivity index (χ0) is 22.2. The van der Waals surface area contributed by atoms with E-state index in [1.54, 1.807) is 31.1 Å². The number of anilines is 2. The Morgan fingerprint density at radius 2 is 1.77 bits per heavy atom. The molecule has 1 aliphatic rings. The van der Waals surface area contributed by atoms with E-state index in [0.29, 0.717) is 12.2 Å². The number of likely N-dealkylation sites (N-methyl/N-ethyl adjacent to an activating group) is 2. The Balaban J connectivity index is 1.43. The lowest BCUT2D eigenvalue weighted by molar-refractivity contribution is -0.131. The zero-order valence-corrected chi connectivity index (χ0v) is 18.0. The van der Waals surface area contributed by atoms with E-state index < -0.39 is 0 Å². The van der Waals surface area contributed by atoms with E-state index >= 15 is 0 Å². The van der Waals surface area contributed by atoms with Crippen LogP contribution in [0.3, 0.4) is 0 Å². The summed E-state index contributed by atoms with van der Waals surface area (Å²) in [4.78, 5) is 30.2. The SMILES string of the molecule is CN(CC(=O)Nc1ccc(N2CCOCC2)cc1)CC(=O)N(C)Cc1cccc(F)c1. The van der Waals surface area contributed by atoms with Crippen molar-refractivity contribution in [1.82, 2.24) is 9.80 Å². The number of hydrogen-bond donors (Lipinski definition) is 1. The van der Waals surface area contributed by atoms with E-state index in [1.807, 2.05) is 24.3 Å². The number of hydrogen-bond acceptors (Lipinski definition) is 5. The fourth-order valence-corrected chi connectivity index (χ4v) is 3.43. The van der Waals surface area contributed by atoms with Crippen LogP contribution in [0.15, 0.2) is 48.5 Å². The Kier molecular flexibility index (Phi) is 7.97. The maximum atomic E-state index is 13.3. The maximum absolute atomic E-state index is 13.3. The Labute approximate surface area is 182 Å². The molecule has 1 saturated heterocycles. The second kappa shape index (κ2) is 10.9. The van der Waals surface area contributed by atoms with Crippen LogP contribution < -0.4 is 10.2 Å². The van der Waals surface area contributed by atoms with Gasteiger partial charge in [0.15, 0.2) is 0 Å². The quantitative estimate of drug-likeness (QED) is 0.698. The van der Waals surface area contributed by atoms with Gasteiger partial charge in [-0.2, -0.15) is 0 Å². The highest BCUT2D eigenvalue weighted by Crippen LogP contribution is 2.19. The summed E-state index contributed by atoms with van der Waals surface area (Å²) >= 11 is 0. The highest BCUT2D eigenvalue weighted by molar-refractivity contribution is 5.92. The summed E-state index contributed by atoms with van der Waals surface area (Å²) in [6.45, 7) is 3.66. The minimum atomic E-state index is -0.329. The Bertz CT molecular complexity index is 885. The summed E-state index contributed by atoms with van der Waals surface area (Å²) in [6, 6.07) is 13.9. The first-order chi connectivity index (χ1) is 14.9. The summed E-state index contributed by atoms with van der Waals surface area (Å²) < 4.78 is 18.7. The molecule has 0 bridgehead atoms. The topological polar surface area (TPSA) is 65.1 Å². The standard InChI is InChI=1S/C23H29FN4O3/c1-26(17-23(30)27(2)15-18-4-3-5-19(24)14-18)16-22(29)25-20-6-8-21(9-7-20)28-10-12-31-13-11-28/h3-9,14H,10-13,15-17H2,1-2H3,(H,25,29). The third kappa shape index (κ3) is 7.04. The molecule has 0 aromatic heterocycles. The molecule has 166 valence electrons. The highest BCUT2D eigenvalue weighted by Gasteiger charge is 2.15. The molecule has 2 aromatic carbocycles. The molecule has 0 unspecified atom stereocenters. The molecule has 1 fully saturated rings. The monoisotopic (exact) mass is 428 g/mol. The van der Waals surface area contributed by atoms with Crippen LogP contribution in [0, 0.1) is 5.82 Å². The van der Waals surface area contributed by atoms with E-state index in [4.69, 9.17) is 4.74 Å². The van der Waals surface area contributed by atoms with Gasteiger partial charge in [0.25, 0.3) is 0 Å². The lowest BCUT2D eigenvalue weighted by Crippen LogP contribution is -2.39. The van der Waals surface area contributed by atoms with Gasteiger partial charge in [-0.1, -0.05) is 12.1 Å². The summed E-state index contributed by atoms with van der Waals surface area (Å²) in [5.41, 5.74) is 2.53. The lowest BCUT2D eigenvalue weighted by atomic mass is 10.2. The van der Waals surface area contributed by atoms with Crippen LogP contribution in [0.2, 0.25) is 0 Å². The average molecular weight is 429 g/mol. The van der Waals surface area contributed by atoms with Crippen LogP contribution in [0.1, 0.15) is 5.56 Å². The summed E-state index contributed by atoms with van der Waals surface area (Å²) in [6.07, 6.45) is 0. The van der Waals surface area contributed by atoms with Gasteiger partial charge in [-0.05, 0) is 49.0 Å². The molecular weight excluding hydrogens is 399 g/mol. The fraction of sp³-hybridized carbons (Fsp3) is 0.391. The molecule has 0 aliphatic carbocycles. The van der Waals surface area contributed by atoms with Crippen molar-refractivity contribution >= 4 is 23.2 Å². The number of amides is 2. The van der Waals surface area contributed by atoms with Crippen molar-refractivity contribution in [1.29, 1.82) is 0 Å². The van der Waals surface area contributed by atoms with Gasteiger partial charge in [0.1, 0.15) is 5.82 Å². The number of carbonyl (C=O) groups is 2. The van der Waals surface area contributed by atoms with Crippen molar-refractivity contribution in [2.45, 2.75) is 6.54 Å². The van der Waals surface area contributed by atoms with E-state index in [0.717, 1.165) is 37.6 Å². The molecular formula is C23H29FN4O3. The van der Waals surface area contributed by atoms with Crippen molar-refractivity contribution < 1.29 is 18.7 Å². The molecule has 3 rings (SSSR count). The number of benzene rings is 2. The molecule has 2 amide bonds. The van der Waals surface area contributed by atoms with Crippen molar-refractivity contribution in [2.24, 2.45) is 0 Å². The molecule has 8 heteroatoms. The Hall–Kier alpha value is -2.97. The third-order valence-electron chi connectivity index (χ3n) is 5.08. The normalized spacial score (nSPS) is 13.9. The number of nitrogens with zero attached hydrogens (tertiary/aromatic N) is 3. The fourth-order valence-electron chi connectivity index (χ4n) is 3.43. The molecule has 1 heterocycles. The zero-order valence-electron chi connectivity index (χ0n) is 18.0. The largest absolute Gasteiger partial charge is 0.378 e. The van der Waals surface area contributed by atoms with Crippen LogP contribution in [-0.4, -0.2) is 75.1 Å². The molecule has 7 nitrogen and oxygen atoms in total. The highest BCUT2D eigenvalue weighted by atomic mass is 19.1. The van der Waals surface area contributed by atoms with Crippen molar-refractivity contribution in [3.63, 3.8) is 0 Å². The second-order valence-electron chi connectivity index (χ2n) is 7.75. The van der Waals surface area contributed by atoms with Gasteiger partial charge in [0.05, 0.1) is 26.3 Å². The first kappa shape index (κ1) is 22.7. The molecule has 31 heavy (non-hydrogen) atoms. The van der Waals surface area contributed by atoms with Crippen molar-refractivity contribution in [3.05, 3.63) is 59.9 Å². The predicted octanol–water partition coefficient (Wildman–Crippen LogP) is 2.19. The molecule has 0 atom stereocenters. The van der Waals surface area contributed by atoms with Crippen LogP contribution in [0.5, 0.6) is 0 Å². The molecule has 1 N–H and O–H groups in total. The maximum Gasteiger partial charge on any atom is 0.238 e. The number of nitrogens with one attached hydrogen (secondary N) is 1. The van der Waals surface area contributed by atoms with E-state index in [1.165, 1.54) is 17.0 Å². The smallest absolute Gasteiger partial charge is 0.238 e. The third-order valence-corrected chi connectivity index (χ3v) is 5.08. The van der Waals surface area contributed by atoms with Crippen molar-refractivity contribution in [2.75, 3.05) is 63.7 Å². The summed E-state index contributed by atoms with van der Waals surface area (Å²) in [7, 11) is 3.38. The van der Waals surface area contributed by atoms with Crippen LogP contribution >= 0.6 is 0 Å². The van der Waals surface area contributed by atoms with Gasteiger partial charge in [0.2, 0.25) is 11.8 Å². The van der Waals surface area contributed by atoms with Gasteiger partial charge < -0.3 is 19.9 Å². The predicted molar refractivity (Wildman–Crippen MR) is 118 cm³/mol. The molecule has 0 saturated carbocycles. The van der Waals surface area contributed by atoms with Crippen LogP contribution in [0.25, 0.3) is 0 Å². The number of ether oxygens (including phenoxy) is 1. The second-order valence-corrected chi connectivity index (χ2v) is 7.75. The number of carbonyl (C=O) groups excluding carboxylic acids is 2. The van der Waals surface area contributed by atoms with E-state index in [2.05, 4.69) is 10.2 Å². The summed E-state index contributed by atoms with van der Waals surface area (Å²) in [5.74, 6) is -0.665. The average Bonchev–Trinajstić information content (AvgIpc) is 2.74. The van der Waals surface area contributed by atoms with Gasteiger partial charge in [-0.3, -0.25) is 14.5 Å². The summed E-state index contributed by atoms with van der Waals surface area (Å²) in [5, 5.41) is 2.86. The van der Waals surface area contributed by atoms with E-state index in [-0.39, 0.29) is 30.7 Å². The Morgan fingerprint density at radius 1 is 1.06 bits per heavy atom. The van der Waals surface area contributed by atoms with Crippen LogP contribution in [-0.2, 0) is 20.9 Å². The van der Waals surface area contributed by atoms with Crippen molar-refractivity contribution in [3.8, 4) is 0 Å². The molecule has 0 radical (unpaired) electrons. The first-order valence-corrected chi connectivity index (χ1v) is 10.3. The van der Waals surface area contributed by atoms with E-state index in [9.17, 15) is 14.0 Å². The minimum absolute atomic E-state index is 0.0881. The van der Waals surface area contributed by atoms with Crippen LogP contribution in [0.4, 0.5) is 15.8 Å². The van der Waals surface area contributed by atoms with Gasteiger partial charge in [-0.25, -0.2) is 4.39 Å². The molecule has 0 spiro atoms.